The van der Waals surface area contributed by atoms with Crippen LogP contribution in [-0.2, 0) is 5.54 Å². The highest BCUT2D eigenvalue weighted by Crippen LogP contribution is 2.32. The quantitative estimate of drug-likeness (QED) is 0.445. The number of fused-ring (bicyclic) bond motifs is 1. The van der Waals surface area contributed by atoms with Crippen molar-refractivity contribution < 1.29 is 4.74 Å². The fourth-order valence-corrected chi connectivity index (χ4v) is 5.15. The number of benzene rings is 2. The van der Waals surface area contributed by atoms with Gasteiger partial charge in [-0.2, -0.15) is 0 Å². The van der Waals surface area contributed by atoms with Crippen molar-refractivity contribution in [1.29, 1.82) is 0 Å². The van der Waals surface area contributed by atoms with Gasteiger partial charge in [0.1, 0.15) is 11.8 Å². The van der Waals surface area contributed by atoms with Crippen molar-refractivity contribution in [1.82, 2.24) is 30.1 Å². The van der Waals surface area contributed by atoms with Gasteiger partial charge in [0.25, 0.3) is 5.56 Å². The number of hydrogen-bond acceptors (Lipinski definition) is 7. The second-order valence-electron chi connectivity index (χ2n) is 10.8. The highest BCUT2D eigenvalue weighted by Gasteiger charge is 2.35. The molecule has 1 aliphatic heterocycles. The van der Waals surface area contributed by atoms with Crippen molar-refractivity contribution in [3.8, 4) is 5.75 Å². The lowest BCUT2D eigenvalue weighted by Gasteiger charge is -2.40. The number of aryl methyl sites for hydroxylation is 2. The number of nitrogens with zero attached hydrogens (tertiary/aromatic N) is 6. The number of ether oxygens (including phenoxy) is 1. The Morgan fingerprint density at radius 1 is 1.00 bits per heavy atom. The van der Waals surface area contributed by atoms with E-state index in [9.17, 15) is 4.79 Å². The van der Waals surface area contributed by atoms with E-state index in [1.165, 1.54) is 16.8 Å². The summed E-state index contributed by atoms with van der Waals surface area (Å²) in [6.45, 7) is 13.7. The van der Waals surface area contributed by atoms with Gasteiger partial charge in [0, 0.05) is 43.5 Å². The number of tetrazole rings is 1. The van der Waals surface area contributed by atoms with Gasteiger partial charge in [-0.25, -0.2) is 4.68 Å². The molecule has 1 atom stereocenters. The van der Waals surface area contributed by atoms with Crippen LogP contribution in [0.2, 0.25) is 0 Å². The van der Waals surface area contributed by atoms with E-state index < -0.39 is 0 Å². The molecule has 1 N–H and O–H groups in total. The first-order valence-corrected chi connectivity index (χ1v) is 12.7. The Kier molecular flexibility index (Phi) is 6.49. The number of piperazine rings is 1. The van der Waals surface area contributed by atoms with Crippen molar-refractivity contribution in [2.45, 2.75) is 46.2 Å². The zero-order valence-electron chi connectivity index (χ0n) is 22.4. The van der Waals surface area contributed by atoms with Crippen LogP contribution in [0.25, 0.3) is 10.9 Å². The van der Waals surface area contributed by atoms with E-state index in [4.69, 9.17) is 4.74 Å². The number of pyridine rings is 1. The number of anilines is 1. The van der Waals surface area contributed by atoms with Crippen LogP contribution in [0.15, 0.2) is 47.3 Å². The zero-order valence-corrected chi connectivity index (χ0v) is 22.4. The minimum atomic E-state index is -0.384. The molecule has 2 aromatic carbocycles. The van der Waals surface area contributed by atoms with Crippen molar-refractivity contribution in [3.05, 3.63) is 75.3 Å². The number of nitrogens with one attached hydrogen (secondary N) is 1. The number of aromatic amines is 1. The zero-order chi connectivity index (χ0) is 26.3. The second-order valence-corrected chi connectivity index (χ2v) is 10.8. The van der Waals surface area contributed by atoms with Crippen LogP contribution >= 0.6 is 0 Å². The molecular weight excluding hydrogens is 466 g/mol. The smallest absolute Gasteiger partial charge is 0.253 e. The molecule has 4 aromatic rings. The van der Waals surface area contributed by atoms with Crippen molar-refractivity contribution in [2.75, 3.05) is 38.2 Å². The minimum Gasteiger partial charge on any atom is -0.497 e. The largest absolute Gasteiger partial charge is 0.497 e. The van der Waals surface area contributed by atoms with Crippen LogP contribution in [-0.4, -0.2) is 63.4 Å². The van der Waals surface area contributed by atoms with Crippen LogP contribution < -0.4 is 15.2 Å². The van der Waals surface area contributed by atoms with E-state index >= 15 is 0 Å². The molecule has 9 nitrogen and oxygen atoms in total. The van der Waals surface area contributed by atoms with E-state index in [1.54, 1.807) is 7.11 Å². The SMILES string of the molecule is COc1ccc2cc([C@H](c3nnnn3C(C)(C)C)N3CCN(c4cc(C)ccc4C)CC3)c(=O)[nH]c2c1. The molecule has 9 heteroatoms. The normalized spacial score (nSPS) is 15.8. The predicted molar refractivity (Wildman–Crippen MR) is 145 cm³/mol. The van der Waals surface area contributed by atoms with Gasteiger partial charge in [-0.1, -0.05) is 12.1 Å². The maximum Gasteiger partial charge on any atom is 0.253 e. The Bertz CT molecular complexity index is 1480. The molecule has 1 saturated heterocycles. The maximum atomic E-state index is 13.5. The lowest BCUT2D eigenvalue weighted by atomic mass is 10.0. The molecule has 0 aliphatic carbocycles. The first kappa shape index (κ1) is 25.0. The van der Waals surface area contributed by atoms with Crippen LogP contribution in [0.3, 0.4) is 0 Å². The van der Waals surface area contributed by atoms with Crippen molar-refractivity contribution in [2.24, 2.45) is 0 Å². The van der Waals surface area contributed by atoms with Crippen LogP contribution in [0, 0.1) is 13.8 Å². The Morgan fingerprint density at radius 3 is 2.46 bits per heavy atom. The first-order chi connectivity index (χ1) is 17.7. The molecule has 0 bridgehead atoms. The molecule has 2 aromatic heterocycles. The van der Waals surface area contributed by atoms with Gasteiger partial charge in [-0.05, 0) is 85.8 Å². The third-order valence-corrected chi connectivity index (χ3v) is 7.13. The molecule has 3 heterocycles. The van der Waals surface area contributed by atoms with Gasteiger partial charge >= 0.3 is 0 Å². The Hall–Kier alpha value is -3.72. The maximum absolute atomic E-state index is 13.5. The molecule has 37 heavy (non-hydrogen) atoms. The van der Waals surface area contributed by atoms with Crippen LogP contribution in [0.4, 0.5) is 5.69 Å². The predicted octanol–water partition coefficient (Wildman–Crippen LogP) is 3.81. The average Bonchev–Trinajstić information content (AvgIpc) is 3.36. The van der Waals surface area contributed by atoms with Crippen molar-refractivity contribution >= 4 is 16.6 Å². The van der Waals surface area contributed by atoms with E-state index in [-0.39, 0.29) is 17.1 Å². The molecule has 0 saturated carbocycles. The highest BCUT2D eigenvalue weighted by atomic mass is 16.5. The van der Waals surface area contributed by atoms with Gasteiger partial charge in [-0.3, -0.25) is 9.69 Å². The average molecular weight is 502 g/mol. The monoisotopic (exact) mass is 501 g/mol. The Labute approximate surface area is 217 Å². The molecule has 0 spiro atoms. The fraction of sp³-hybridized carbons (Fsp3) is 0.429. The Morgan fingerprint density at radius 2 is 1.76 bits per heavy atom. The molecule has 194 valence electrons. The van der Waals surface area contributed by atoms with E-state index in [1.807, 2.05) is 28.9 Å². The van der Waals surface area contributed by atoms with E-state index in [0.717, 1.165) is 37.1 Å². The van der Waals surface area contributed by atoms with Gasteiger partial charge in [0.05, 0.1) is 18.2 Å². The molecule has 0 radical (unpaired) electrons. The van der Waals surface area contributed by atoms with E-state index in [0.29, 0.717) is 17.1 Å². The number of aromatic nitrogens is 5. The summed E-state index contributed by atoms with van der Waals surface area (Å²) in [6, 6.07) is 13.9. The van der Waals surface area contributed by atoms with E-state index in [2.05, 4.69) is 83.1 Å². The molecule has 5 rings (SSSR count). The standard InChI is InChI=1S/C28H35N7O2/c1-18-7-8-19(2)24(15-18)33-11-13-34(14-12-33)25(26-30-31-32-35(26)28(3,4)5)22-16-20-9-10-21(37-6)17-23(20)29-27(22)36/h7-10,15-17,25H,11-14H2,1-6H3,(H,29,36)/t25-/m1/s1. The Balaban J connectivity index is 1.55. The lowest BCUT2D eigenvalue weighted by Crippen LogP contribution is -2.49. The summed E-state index contributed by atoms with van der Waals surface area (Å²) >= 11 is 0. The summed E-state index contributed by atoms with van der Waals surface area (Å²) in [5.74, 6) is 1.37. The molecule has 1 aliphatic rings. The number of H-pyrrole nitrogens is 1. The number of hydrogen-bond donors (Lipinski definition) is 1. The first-order valence-electron chi connectivity index (χ1n) is 12.7. The van der Waals surface area contributed by atoms with Gasteiger partial charge < -0.3 is 14.6 Å². The summed E-state index contributed by atoms with van der Waals surface area (Å²) in [4.78, 5) is 21.4. The molecular formula is C28H35N7O2. The van der Waals surface area contributed by atoms with Gasteiger partial charge in [0.2, 0.25) is 0 Å². The summed E-state index contributed by atoms with van der Waals surface area (Å²) in [5, 5.41) is 13.7. The summed E-state index contributed by atoms with van der Waals surface area (Å²) in [6.07, 6.45) is 0. The van der Waals surface area contributed by atoms with Crippen LogP contribution in [0.1, 0.15) is 49.3 Å². The third-order valence-electron chi connectivity index (χ3n) is 7.13. The topological polar surface area (TPSA) is 92.2 Å². The van der Waals surface area contributed by atoms with Crippen molar-refractivity contribution in [3.63, 3.8) is 0 Å². The summed E-state index contributed by atoms with van der Waals surface area (Å²) in [5.41, 5.74) is 4.69. The number of methoxy groups -OCH3 is 1. The second kappa shape index (κ2) is 9.63. The third kappa shape index (κ3) is 4.83. The fourth-order valence-electron chi connectivity index (χ4n) is 5.15. The van der Waals surface area contributed by atoms with Gasteiger partial charge in [-0.15, -0.1) is 5.10 Å². The molecule has 0 amide bonds. The minimum absolute atomic E-state index is 0.147. The van der Waals surface area contributed by atoms with Gasteiger partial charge in [0.15, 0.2) is 5.82 Å². The summed E-state index contributed by atoms with van der Waals surface area (Å²) < 4.78 is 7.18. The molecule has 0 unspecified atom stereocenters. The molecule has 1 fully saturated rings. The van der Waals surface area contributed by atoms with Crippen LogP contribution in [0.5, 0.6) is 5.75 Å². The lowest BCUT2D eigenvalue weighted by molar-refractivity contribution is 0.190. The summed E-state index contributed by atoms with van der Waals surface area (Å²) in [7, 11) is 1.62. The highest BCUT2D eigenvalue weighted by molar-refractivity contribution is 5.80. The number of rotatable bonds is 5.